The molecule has 6 heteroatoms. The zero-order chi connectivity index (χ0) is 20.2. The number of carbonyl (C=O) groups excluding carboxylic acids is 1. The van der Waals surface area contributed by atoms with Crippen molar-refractivity contribution in [3.05, 3.63) is 24.3 Å². The fourth-order valence-electron chi connectivity index (χ4n) is 3.50. The number of aliphatic hydroxyl groups excluding tert-OH is 1. The molecule has 0 spiro atoms. The summed E-state index contributed by atoms with van der Waals surface area (Å²) in [6.07, 6.45) is 11.8. The minimum Gasteiger partial charge on any atom is -0.481 e. The first-order valence-corrected chi connectivity index (χ1v) is 9.85. The van der Waals surface area contributed by atoms with E-state index < -0.39 is 35.8 Å². The Morgan fingerprint density at radius 3 is 2.56 bits per heavy atom. The molecule has 27 heavy (non-hydrogen) atoms. The van der Waals surface area contributed by atoms with Crippen LogP contribution in [-0.4, -0.2) is 39.1 Å². The lowest BCUT2D eigenvalue weighted by Crippen LogP contribution is -2.21. The highest BCUT2D eigenvalue weighted by Gasteiger charge is 2.43. The monoisotopic (exact) mass is 380 g/mol. The van der Waals surface area contributed by atoms with E-state index in [1.54, 1.807) is 12.2 Å². The second kappa shape index (κ2) is 12.4. The van der Waals surface area contributed by atoms with Crippen molar-refractivity contribution < 1.29 is 29.7 Å². The molecule has 4 unspecified atom stereocenters. The van der Waals surface area contributed by atoms with E-state index in [4.69, 9.17) is 5.11 Å². The SMILES string of the molecule is CCCCCC(O)/C=C/C1C(C(=O)O)CC(=O)C1C/C=C/CCCC(=O)O. The number of carboxylic acid groups (broad SMARTS) is 2. The van der Waals surface area contributed by atoms with Crippen molar-refractivity contribution >= 4 is 17.7 Å². The molecule has 0 aromatic carbocycles. The van der Waals surface area contributed by atoms with Crippen LogP contribution in [-0.2, 0) is 14.4 Å². The predicted molar refractivity (Wildman–Crippen MR) is 102 cm³/mol. The third-order valence-electron chi connectivity index (χ3n) is 5.06. The first-order valence-electron chi connectivity index (χ1n) is 9.85. The van der Waals surface area contributed by atoms with E-state index in [0.29, 0.717) is 25.7 Å². The number of carbonyl (C=O) groups is 3. The molecule has 4 atom stereocenters. The van der Waals surface area contributed by atoms with Crippen LogP contribution in [0.2, 0.25) is 0 Å². The fourth-order valence-corrected chi connectivity index (χ4v) is 3.50. The molecule has 1 rings (SSSR count). The molecule has 0 heterocycles. The van der Waals surface area contributed by atoms with Gasteiger partial charge in [-0.05, 0) is 25.7 Å². The lowest BCUT2D eigenvalue weighted by molar-refractivity contribution is -0.143. The molecule has 0 saturated heterocycles. The molecule has 1 aliphatic rings. The van der Waals surface area contributed by atoms with Gasteiger partial charge in [-0.25, -0.2) is 0 Å². The number of aliphatic carboxylic acids is 2. The van der Waals surface area contributed by atoms with Crippen molar-refractivity contribution in [2.75, 3.05) is 0 Å². The van der Waals surface area contributed by atoms with E-state index in [1.807, 2.05) is 12.2 Å². The van der Waals surface area contributed by atoms with Gasteiger partial charge in [0.05, 0.1) is 12.0 Å². The number of unbranched alkanes of at least 4 members (excludes halogenated alkanes) is 3. The van der Waals surface area contributed by atoms with Crippen LogP contribution >= 0.6 is 0 Å². The number of rotatable bonds is 13. The molecule has 1 aliphatic carbocycles. The van der Waals surface area contributed by atoms with Crippen LogP contribution in [0.25, 0.3) is 0 Å². The molecule has 0 aliphatic heterocycles. The third kappa shape index (κ3) is 8.52. The van der Waals surface area contributed by atoms with Gasteiger partial charge in [0.25, 0.3) is 0 Å². The summed E-state index contributed by atoms with van der Waals surface area (Å²) in [4.78, 5) is 34.3. The van der Waals surface area contributed by atoms with E-state index >= 15 is 0 Å². The largest absolute Gasteiger partial charge is 0.481 e. The summed E-state index contributed by atoms with van der Waals surface area (Å²) in [6.45, 7) is 2.09. The maximum Gasteiger partial charge on any atom is 0.307 e. The molecular formula is C21H32O6. The Morgan fingerprint density at radius 1 is 1.19 bits per heavy atom. The van der Waals surface area contributed by atoms with Gasteiger partial charge in [0.2, 0.25) is 0 Å². The number of hydrogen-bond acceptors (Lipinski definition) is 4. The lowest BCUT2D eigenvalue weighted by Gasteiger charge is -2.17. The van der Waals surface area contributed by atoms with E-state index in [2.05, 4.69) is 6.92 Å². The normalized spacial score (nSPS) is 24.1. The van der Waals surface area contributed by atoms with Gasteiger partial charge in [0.1, 0.15) is 5.78 Å². The van der Waals surface area contributed by atoms with Crippen LogP contribution in [0.3, 0.4) is 0 Å². The molecule has 1 saturated carbocycles. The molecular weight excluding hydrogens is 348 g/mol. The summed E-state index contributed by atoms with van der Waals surface area (Å²) in [5, 5.41) is 28.1. The summed E-state index contributed by atoms with van der Waals surface area (Å²) in [7, 11) is 0. The Hall–Kier alpha value is -1.95. The fraction of sp³-hybridized carbons (Fsp3) is 0.667. The number of Topliss-reactive ketones (excluding diaryl/α,β-unsaturated/α-hetero) is 1. The third-order valence-corrected chi connectivity index (χ3v) is 5.06. The molecule has 0 aromatic rings. The zero-order valence-electron chi connectivity index (χ0n) is 16.0. The van der Waals surface area contributed by atoms with E-state index in [9.17, 15) is 24.6 Å². The molecule has 152 valence electrons. The van der Waals surface area contributed by atoms with Crippen LogP contribution in [0.4, 0.5) is 0 Å². The van der Waals surface area contributed by atoms with E-state index in [-0.39, 0.29) is 18.6 Å². The van der Waals surface area contributed by atoms with Gasteiger partial charge in [-0.2, -0.15) is 0 Å². The summed E-state index contributed by atoms with van der Waals surface area (Å²) < 4.78 is 0. The maximum atomic E-state index is 12.3. The van der Waals surface area contributed by atoms with Crippen LogP contribution in [0.1, 0.15) is 64.7 Å². The summed E-state index contributed by atoms with van der Waals surface area (Å²) in [5.41, 5.74) is 0. The highest BCUT2D eigenvalue weighted by molar-refractivity contribution is 5.90. The maximum absolute atomic E-state index is 12.3. The molecule has 0 radical (unpaired) electrons. The van der Waals surface area contributed by atoms with Crippen molar-refractivity contribution in [2.24, 2.45) is 17.8 Å². The van der Waals surface area contributed by atoms with Crippen LogP contribution in [0.5, 0.6) is 0 Å². The first kappa shape index (κ1) is 23.1. The van der Waals surface area contributed by atoms with Gasteiger partial charge in [0, 0.05) is 24.7 Å². The number of carboxylic acids is 2. The second-order valence-corrected chi connectivity index (χ2v) is 7.24. The Bertz CT molecular complexity index is 551. The first-order chi connectivity index (χ1) is 12.9. The highest BCUT2D eigenvalue weighted by Crippen LogP contribution is 2.38. The van der Waals surface area contributed by atoms with Gasteiger partial charge in [0.15, 0.2) is 0 Å². The topological polar surface area (TPSA) is 112 Å². The Balaban J connectivity index is 2.66. The average Bonchev–Trinajstić information content (AvgIpc) is 2.92. The number of hydrogen-bond donors (Lipinski definition) is 3. The Kier molecular flexibility index (Phi) is 10.6. The molecule has 0 aromatic heterocycles. The number of ketones is 1. The second-order valence-electron chi connectivity index (χ2n) is 7.24. The van der Waals surface area contributed by atoms with Crippen molar-refractivity contribution in [2.45, 2.75) is 70.8 Å². The lowest BCUT2D eigenvalue weighted by atomic mass is 9.86. The summed E-state index contributed by atoms with van der Waals surface area (Å²) >= 11 is 0. The van der Waals surface area contributed by atoms with Gasteiger partial charge in [-0.1, -0.05) is 50.5 Å². The van der Waals surface area contributed by atoms with Crippen LogP contribution < -0.4 is 0 Å². The minimum atomic E-state index is -0.980. The van der Waals surface area contributed by atoms with E-state index in [1.165, 1.54) is 0 Å². The Morgan fingerprint density at radius 2 is 1.93 bits per heavy atom. The summed E-state index contributed by atoms with van der Waals surface area (Å²) in [6, 6.07) is 0. The van der Waals surface area contributed by atoms with Gasteiger partial charge in [-0.15, -0.1) is 0 Å². The van der Waals surface area contributed by atoms with Gasteiger partial charge < -0.3 is 15.3 Å². The van der Waals surface area contributed by atoms with Gasteiger partial charge >= 0.3 is 11.9 Å². The van der Waals surface area contributed by atoms with Crippen molar-refractivity contribution in [1.29, 1.82) is 0 Å². The summed E-state index contributed by atoms with van der Waals surface area (Å²) in [5.74, 6) is -3.44. The number of aliphatic hydroxyl groups is 1. The molecule has 3 N–H and O–H groups in total. The predicted octanol–water partition coefficient (Wildman–Crippen LogP) is 3.59. The van der Waals surface area contributed by atoms with Crippen LogP contribution in [0.15, 0.2) is 24.3 Å². The zero-order valence-corrected chi connectivity index (χ0v) is 16.0. The minimum absolute atomic E-state index is 0.0216. The van der Waals surface area contributed by atoms with E-state index in [0.717, 1.165) is 19.3 Å². The standard InChI is InChI=1S/C21H32O6/c1-2-3-6-9-15(22)12-13-16-17(19(23)14-18(16)21(26)27)10-7-4-5-8-11-20(24)25/h4,7,12-13,15-18,22H,2-3,5-6,8-11,14H2,1H3,(H,24,25)(H,26,27)/b7-4+,13-12+. The molecule has 0 bridgehead atoms. The smallest absolute Gasteiger partial charge is 0.307 e. The quantitative estimate of drug-likeness (QED) is 0.332. The number of allylic oxidation sites excluding steroid dienone is 3. The molecule has 1 fully saturated rings. The average molecular weight is 380 g/mol. The molecule has 0 amide bonds. The molecule has 6 nitrogen and oxygen atoms in total. The van der Waals surface area contributed by atoms with Crippen molar-refractivity contribution in [1.82, 2.24) is 0 Å². The van der Waals surface area contributed by atoms with Gasteiger partial charge in [-0.3, -0.25) is 14.4 Å². The van der Waals surface area contributed by atoms with Crippen molar-refractivity contribution in [3.8, 4) is 0 Å². The Labute approximate surface area is 161 Å². The highest BCUT2D eigenvalue weighted by atomic mass is 16.4. The van der Waals surface area contributed by atoms with Crippen LogP contribution in [0, 0.1) is 17.8 Å². The van der Waals surface area contributed by atoms with Crippen molar-refractivity contribution in [3.63, 3.8) is 0 Å².